The first-order chi connectivity index (χ1) is 9.08. The molecule has 1 heterocycles. The van der Waals surface area contributed by atoms with E-state index in [1.54, 1.807) is 6.92 Å². The number of hydrazone groups is 1. The maximum Gasteiger partial charge on any atom is 0.325 e. The molecule has 7 nitrogen and oxygen atoms in total. The minimum absolute atomic E-state index is 0.0898. The van der Waals surface area contributed by atoms with E-state index in [4.69, 9.17) is 4.74 Å². The Labute approximate surface area is 112 Å². The normalized spacial score (nSPS) is 14.4. The van der Waals surface area contributed by atoms with E-state index in [9.17, 15) is 14.4 Å². The van der Waals surface area contributed by atoms with E-state index >= 15 is 0 Å². The van der Waals surface area contributed by atoms with Crippen molar-refractivity contribution in [3.63, 3.8) is 0 Å². The molecule has 0 aromatic carbocycles. The van der Waals surface area contributed by atoms with Gasteiger partial charge in [-0.1, -0.05) is 6.92 Å². The van der Waals surface area contributed by atoms with Gasteiger partial charge in [-0.15, -0.1) is 0 Å². The fourth-order valence-electron chi connectivity index (χ4n) is 1.70. The highest BCUT2D eigenvalue weighted by atomic mass is 16.5. The second kappa shape index (κ2) is 7.50. The number of ether oxygens (including phenoxy) is 1. The van der Waals surface area contributed by atoms with Gasteiger partial charge in [0.05, 0.1) is 6.61 Å². The molecule has 1 N–H and O–H groups in total. The molecule has 0 unspecified atom stereocenters. The zero-order valence-electron chi connectivity index (χ0n) is 11.3. The van der Waals surface area contributed by atoms with E-state index in [1.165, 1.54) is 4.90 Å². The summed E-state index contributed by atoms with van der Waals surface area (Å²) in [4.78, 5) is 36.0. The maximum absolute atomic E-state index is 12.2. The van der Waals surface area contributed by atoms with Gasteiger partial charge in [0.2, 0.25) is 5.91 Å². The van der Waals surface area contributed by atoms with E-state index in [2.05, 4.69) is 10.5 Å². The number of hydrogen-bond donors (Lipinski definition) is 1. The van der Waals surface area contributed by atoms with Gasteiger partial charge in [0.1, 0.15) is 12.3 Å². The van der Waals surface area contributed by atoms with Crippen molar-refractivity contribution >= 4 is 23.5 Å². The summed E-state index contributed by atoms with van der Waals surface area (Å²) in [5.74, 6) is -0.969. The van der Waals surface area contributed by atoms with E-state index in [-0.39, 0.29) is 37.1 Å². The second-order valence-corrected chi connectivity index (χ2v) is 4.13. The largest absolute Gasteiger partial charge is 0.465 e. The van der Waals surface area contributed by atoms with E-state index in [1.807, 2.05) is 6.92 Å². The number of carbonyl (C=O) groups is 3. The van der Waals surface area contributed by atoms with E-state index in [0.29, 0.717) is 13.0 Å². The molecular formula is C12H19N3O4. The number of hydrogen-bond acceptors (Lipinski definition) is 5. The molecule has 2 amide bonds. The van der Waals surface area contributed by atoms with Crippen LogP contribution in [0.3, 0.4) is 0 Å². The lowest BCUT2D eigenvalue weighted by molar-refractivity contribution is -0.147. The first-order valence-electron chi connectivity index (χ1n) is 6.38. The van der Waals surface area contributed by atoms with Gasteiger partial charge in [-0.2, -0.15) is 5.10 Å². The summed E-state index contributed by atoms with van der Waals surface area (Å²) in [7, 11) is 0. The Kier molecular flexibility index (Phi) is 5.98. The molecule has 0 spiro atoms. The fourth-order valence-corrected chi connectivity index (χ4v) is 1.70. The van der Waals surface area contributed by atoms with Crippen LogP contribution < -0.4 is 5.43 Å². The Hall–Kier alpha value is -1.92. The van der Waals surface area contributed by atoms with Crippen molar-refractivity contribution in [2.75, 3.05) is 19.7 Å². The van der Waals surface area contributed by atoms with Crippen molar-refractivity contribution in [2.45, 2.75) is 33.1 Å². The Balaban J connectivity index is 2.67. The Morgan fingerprint density at radius 2 is 2.11 bits per heavy atom. The average Bonchev–Trinajstić information content (AvgIpc) is 2.38. The average molecular weight is 269 g/mol. The Morgan fingerprint density at radius 1 is 1.37 bits per heavy atom. The van der Waals surface area contributed by atoms with Gasteiger partial charge in [0, 0.05) is 19.4 Å². The van der Waals surface area contributed by atoms with Gasteiger partial charge in [0.25, 0.3) is 5.91 Å². The maximum atomic E-state index is 12.2. The molecule has 0 atom stereocenters. The monoisotopic (exact) mass is 269 g/mol. The van der Waals surface area contributed by atoms with Gasteiger partial charge >= 0.3 is 5.97 Å². The lowest BCUT2D eigenvalue weighted by Crippen LogP contribution is -2.43. The summed E-state index contributed by atoms with van der Waals surface area (Å²) in [5, 5.41) is 3.74. The number of amides is 2. The standard InChI is InChI=1S/C12H19N3O4/c1-3-7-15(8-11(17)19-4-2)12(18)9-5-6-10(16)14-13-9/h3-8H2,1-2H3,(H,14,16). The molecule has 0 fully saturated rings. The van der Waals surface area contributed by atoms with Gasteiger partial charge in [-0.05, 0) is 13.3 Å². The zero-order chi connectivity index (χ0) is 14.3. The van der Waals surface area contributed by atoms with Crippen LogP contribution in [0.15, 0.2) is 5.10 Å². The molecule has 1 rings (SSSR count). The SMILES string of the molecule is CCCN(CC(=O)OCC)C(=O)C1=NNC(=O)CC1. The molecular weight excluding hydrogens is 250 g/mol. The topological polar surface area (TPSA) is 88.1 Å². The summed E-state index contributed by atoms with van der Waals surface area (Å²) in [5.41, 5.74) is 2.55. The third-order valence-corrected chi connectivity index (χ3v) is 2.56. The lowest BCUT2D eigenvalue weighted by atomic mass is 10.1. The van der Waals surface area contributed by atoms with Crippen LogP contribution in [0, 0.1) is 0 Å². The van der Waals surface area contributed by atoms with Crippen LogP contribution in [0.25, 0.3) is 0 Å². The molecule has 0 aromatic heterocycles. The van der Waals surface area contributed by atoms with Crippen LogP contribution in [0.1, 0.15) is 33.1 Å². The second-order valence-electron chi connectivity index (χ2n) is 4.13. The highest BCUT2D eigenvalue weighted by molar-refractivity contribution is 6.39. The third kappa shape index (κ3) is 4.69. The Morgan fingerprint density at radius 3 is 2.63 bits per heavy atom. The molecule has 0 aromatic rings. The highest BCUT2D eigenvalue weighted by Crippen LogP contribution is 2.05. The molecule has 0 aliphatic carbocycles. The zero-order valence-corrected chi connectivity index (χ0v) is 11.3. The third-order valence-electron chi connectivity index (χ3n) is 2.56. The summed E-state index contributed by atoms with van der Waals surface area (Å²) in [6.45, 7) is 4.27. The van der Waals surface area contributed by atoms with Crippen molar-refractivity contribution in [3.8, 4) is 0 Å². The van der Waals surface area contributed by atoms with Crippen molar-refractivity contribution < 1.29 is 19.1 Å². The summed E-state index contributed by atoms with van der Waals surface area (Å²) in [6.07, 6.45) is 1.27. The van der Waals surface area contributed by atoms with Crippen LogP contribution in [-0.2, 0) is 19.1 Å². The van der Waals surface area contributed by atoms with Crippen molar-refractivity contribution in [1.82, 2.24) is 10.3 Å². The summed E-state index contributed by atoms with van der Waals surface area (Å²) >= 11 is 0. The molecule has 106 valence electrons. The van der Waals surface area contributed by atoms with Gasteiger partial charge in [0.15, 0.2) is 0 Å². The van der Waals surface area contributed by atoms with Crippen LogP contribution in [-0.4, -0.2) is 48.1 Å². The van der Waals surface area contributed by atoms with Crippen LogP contribution >= 0.6 is 0 Å². The number of esters is 1. The number of nitrogens with one attached hydrogen (secondary N) is 1. The van der Waals surface area contributed by atoms with Gasteiger partial charge in [-0.25, -0.2) is 5.43 Å². The molecule has 1 aliphatic rings. The number of nitrogens with zero attached hydrogens (tertiary/aromatic N) is 2. The van der Waals surface area contributed by atoms with Crippen molar-refractivity contribution in [1.29, 1.82) is 0 Å². The fraction of sp³-hybridized carbons (Fsp3) is 0.667. The first kappa shape index (κ1) is 15.1. The van der Waals surface area contributed by atoms with E-state index < -0.39 is 5.97 Å². The lowest BCUT2D eigenvalue weighted by Gasteiger charge is -2.22. The van der Waals surface area contributed by atoms with Crippen molar-refractivity contribution in [2.24, 2.45) is 5.10 Å². The first-order valence-corrected chi connectivity index (χ1v) is 6.38. The Bertz CT molecular complexity index is 392. The number of carbonyl (C=O) groups excluding carboxylic acids is 3. The van der Waals surface area contributed by atoms with Crippen molar-refractivity contribution in [3.05, 3.63) is 0 Å². The molecule has 19 heavy (non-hydrogen) atoms. The summed E-state index contributed by atoms with van der Waals surface area (Å²) < 4.78 is 4.83. The van der Waals surface area contributed by atoms with Crippen LogP contribution in [0.5, 0.6) is 0 Å². The van der Waals surface area contributed by atoms with E-state index in [0.717, 1.165) is 6.42 Å². The number of rotatable bonds is 6. The van der Waals surface area contributed by atoms with Crippen LogP contribution in [0.2, 0.25) is 0 Å². The predicted octanol–water partition coefficient (Wildman–Crippen LogP) is 0.0541. The van der Waals surface area contributed by atoms with Crippen LogP contribution in [0.4, 0.5) is 0 Å². The predicted molar refractivity (Wildman–Crippen MR) is 68.3 cm³/mol. The summed E-state index contributed by atoms with van der Waals surface area (Å²) in [6, 6.07) is 0. The molecule has 0 radical (unpaired) electrons. The van der Waals surface area contributed by atoms with Gasteiger partial charge in [-0.3, -0.25) is 14.4 Å². The van der Waals surface area contributed by atoms with Gasteiger partial charge < -0.3 is 9.64 Å². The molecule has 1 aliphatic heterocycles. The minimum atomic E-state index is -0.440. The molecule has 0 saturated heterocycles. The molecule has 7 heteroatoms. The smallest absolute Gasteiger partial charge is 0.325 e. The molecule has 0 saturated carbocycles. The highest BCUT2D eigenvalue weighted by Gasteiger charge is 2.24. The minimum Gasteiger partial charge on any atom is -0.465 e. The quantitative estimate of drug-likeness (QED) is 0.690. The molecule has 0 bridgehead atoms.